The Morgan fingerprint density at radius 1 is 1.09 bits per heavy atom. The molecule has 0 N–H and O–H groups in total. The van der Waals surface area contributed by atoms with Gasteiger partial charge >= 0.3 is 0 Å². The van der Waals surface area contributed by atoms with Gasteiger partial charge in [-0.3, -0.25) is 4.79 Å². The number of aromatic nitrogens is 3. The zero-order valence-electron chi connectivity index (χ0n) is 12.8. The summed E-state index contributed by atoms with van der Waals surface area (Å²) in [6.07, 6.45) is 0. The van der Waals surface area contributed by atoms with Crippen molar-refractivity contribution in [2.45, 2.75) is 6.92 Å². The SMILES string of the molecule is CCOCCOc1ccc(C(=O)n2nnc3ccccc32)cc1. The maximum atomic E-state index is 12.5. The molecule has 0 spiro atoms. The second-order valence-corrected chi connectivity index (χ2v) is 4.86. The van der Waals surface area contributed by atoms with Gasteiger partial charge in [0.1, 0.15) is 17.9 Å². The highest BCUT2D eigenvalue weighted by atomic mass is 16.5. The van der Waals surface area contributed by atoms with Gasteiger partial charge in [0.15, 0.2) is 0 Å². The molecule has 0 bridgehead atoms. The maximum Gasteiger partial charge on any atom is 0.280 e. The Labute approximate surface area is 133 Å². The summed E-state index contributed by atoms with van der Waals surface area (Å²) in [5, 5.41) is 7.93. The Bertz CT molecular complexity index is 796. The van der Waals surface area contributed by atoms with Crippen LogP contribution in [0.25, 0.3) is 11.0 Å². The third-order valence-corrected chi connectivity index (χ3v) is 3.35. The van der Waals surface area contributed by atoms with Gasteiger partial charge in [0.2, 0.25) is 0 Å². The number of benzene rings is 2. The van der Waals surface area contributed by atoms with E-state index >= 15 is 0 Å². The first-order valence-corrected chi connectivity index (χ1v) is 7.45. The Balaban J connectivity index is 1.73. The average molecular weight is 311 g/mol. The lowest BCUT2D eigenvalue weighted by atomic mass is 10.2. The summed E-state index contributed by atoms with van der Waals surface area (Å²) in [7, 11) is 0. The molecule has 6 heteroatoms. The van der Waals surface area contributed by atoms with Crippen LogP contribution in [0.5, 0.6) is 5.75 Å². The largest absolute Gasteiger partial charge is 0.491 e. The third-order valence-electron chi connectivity index (χ3n) is 3.35. The van der Waals surface area contributed by atoms with Crippen molar-refractivity contribution in [1.82, 2.24) is 15.0 Å². The molecule has 6 nitrogen and oxygen atoms in total. The van der Waals surface area contributed by atoms with Crippen LogP contribution in [-0.4, -0.2) is 40.7 Å². The molecule has 3 rings (SSSR count). The molecular weight excluding hydrogens is 294 g/mol. The molecular formula is C17H17N3O3. The molecule has 118 valence electrons. The number of fused-ring (bicyclic) bond motifs is 1. The minimum atomic E-state index is -0.223. The molecule has 1 heterocycles. The molecule has 0 aliphatic rings. The van der Waals surface area contributed by atoms with Crippen molar-refractivity contribution in [2.75, 3.05) is 19.8 Å². The van der Waals surface area contributed by atoms with Gasteiger partial charge in [0.25, 0.3) is 5.91 Å². The lowest BCUT2D eigenvalue weighted by Crippen LogP contribution is -2.13. The summed E-state index contributed by atoms with van der Waals surface area (Å²) in [5.74, 6) is 0.476. The van der Waals surface area contributed by atoms with E-state index in [4.69, 9.17) is 9.47 Å². The van der Waals surface area contributed by atoms with Gasteiger partial charge in [-0.25, -0.2) is 0 Å². The fourth-order valence-corrected chi connectivity index (χ4v) is 2.20. The van der Waals surface area contributed by atoms with E-state index in [-0.39, 0.29) is 5.91 Å². The summed E-state index contributed by atoms with van der Waals surface area (Å²) >= 11 is 0. The number of hydrogen-bond donors (Lipinski definition) is 0. The second kappa shape index (κ2) is 7.02. The van der Waals surface area contributed by atoms with Gasteiger partial charge in [0, 0.05) is 12.2 Å². The normalized spacial score (nSPS) is 10.8. The van der Waals surface area contributed by atoms with Crippen LogP contribution in [0.1, 0.15) is 17.3 Å². The lowest BCUT2D eigenvalue weighted by Gasteiger charge is -2.07. The molecule has 2 aromatic carbocycles. The van der Waals surface area contributed by atoms with Crippen molar-refractivity contribution in [2.24, 2.45) is 0 Å². The standard InChI is InChI=1S/C17H17N3O3/c1-2-22-11-12-23-14-9-7-13(8-10-14)17(21)20-16-6-4-3-5-15(16)18-19-20/h3-10H,2,11-12H2,1H3. The first kappa shape index (κ1) is 15.2. The molecule has 3 aromatic rings. The van der Waals surface area contributed by atoms with E-state index in [0.29, 0.717) is 42.2 Å². The van der Waals surface area contributed by atoms with E-state index in [1.807, 2.05) is 31.2 Å². The quantitative estimate of drug-likeness (QED) is 0.654. The molecule has 0 amide bonds. The molecule has 0 unspecified atom stereocenters. The second-order valence-electron chi connectivity index (χ2n) is 4.86. The highest BCUT2D eigenvalue weighted by molar-refractivity contribution is 6.00. The van der Waals surface area contributed by atoms with Crippen molar-refractivity contribution in [3.63, 3.8) is 0 Å². The molecule has 23 heavy (non-hydrogen) atoms. The number of hydrogen-bond acceptors (Lipinski definition) is 5. The minimum Gasteiger partial charge on any atom is -0.491 e. The maximum absolute atomic E-state index is 12.5. The van der Waals surface area contributed by atoms with Crippen LogP contribution in [0.15, 0.2) is 48.5 Å². The molecule has 0 saturated heterocycles. The van der Waals surface area contributed by atoms with Crippen molar-refractivity contribution in [3.8, 4) is 5.75 Å². The van der Waals surface area contributed by atoms with Gasteiger partial charge < -0.3 is 9.47 Å². The van der Waals surface area contributed by atoms with Gasteiger partial charge in [-0.05, 0) is 43.3 Å². The van der Waals surface area contributed by atoms with E-state index in [1.165, 1.54) is 4.68 Å². The third kappa shape index (κ3) is 3.37. The fourth-order valence-electron chi connectivity index (χ4n) is 2.20. The predicted octanol–water partition coefficient (Wildman–Crippen LogP) is 2.54. The van der Waals surface area contributed by atoms with Gasteiger partial charge in [-0.1, -0.05) is 17.3 Å². The molecule has 0 saturated carbocycles. The smallest absolute Gasteiger partial charge is 0.280 e. The summed E-state index contributed by atoms with van der Waals surface area (Å²) in [4.78, 5) is 12.5. The number of para-hydroxylation sites is 1. The van der Waals surface area contributed by atoms with Gasteiger partial charge in [0.05, 0.1) is 12.1 Å². The van der Waals surface area contributed by atoms with Gasteiger partial charge in [-0.2, -0.15) is 4.68 Å². The Kier molecular flexibility index (Phi) is 4.63. The summed E-state index contributed by atoms with van der Waals surface area (Å²) in [6, 6.07) is 14.3. The van der Waals surface area contributed by atoms with Crippen LogP contribution < -0.4 is 4.74 Å². The molecule has 0 atom stereocenters. The Morgan fingerprint density at radius 2 is 1.87 bits per heavy atom. The number of ether oxygens (including phenoxy) is 2. The fraction of sp³-hybridized carbons (Fsp3) is 0.235. The predicted molar refractivity (Wildman–Crippen MR) is 85.7 cm³/mol. The summed E-state index contributed by atoms with van der Waals surface area (Å²) in [6.45, 7) is 3.63. The van der Waals surface area contributed by atoms with Crippen molar-refractivity contribution in [3.05, 3.63) is 54.1 Å². The van der Waals surface area contributed by atoms with Crippen molar-refractivity contribution < 1.29 is 14.3 Å². The number of carbonyl (C=O) groups excluding carboxylic acids is 1. The van der Waals surface area contributed by atoms with E-state index in [9.17, 15) is 4.79 Å². The minimum absolute atomic E-state index is 0.223. The molecule has 0 aliphatic heterocycles. The van der Waals surface area contributed by atoms with E-state index in [0.717, 1.165) is 0 Å². The highest BCUT2D eigenvalue weighted by Crippen LogP contribution is 2.15. The average Bonchev–Trinajstić information content (AvgIpc) is 3.03. The molecule has 1 aromatic heterocycles. The topological polar surface area (TPSA) is 66.2 Å². The van der Waals surface area contributed by atoms with Crippen LogP contribution in [-0.2, 0) is 4.74 Å². The number of nitrogens with zero attached hydrogens (tertiary/aromatic N) is 3. The molecule has 0 fully saturated rings. The number of rotatable bonds is 6. The van der Waals surface area contributed by atoms with Crippen LogP contribution in [0.3, 0.4) is 0 Å². The lowest BCUT2D eigenvalue weighted by molar-refractivity contribution is 0.0947. The Hall–Kier alpha value is -2.73. The first-order chi connectivity index (χ1) is 11.3. The van der Waals surface area contributed by atoms with E-state index < -0.39 is 0 Å². The van der Waals surface area contributed by atoms with Gasteiger partial charge in [-0.15, -0.1) is 5.10 Å². The van der Waals surface area contributed by atoms with Crippen LogP contribution in [0, 0.1) is 0 Å². The summed E-state index contributed by atoms with van der Waals surface area (Å²) in [5.41, 5.74) is 1.91. The van der Waals surface area contributed by atoms with Crippen molar-refractivity contribution >= 4 is 16.9 Å². The monoisotopic (exact) mass is 311 g/mol. The van der Waals surface area contributed by atoms with Crippen LogP contribution in [0.4, 0.5) is 0 Å². The summed E-state index contributed by atoms with van der Waals surface area (Å²) < 4.78 is 12.0. The van der Waals surface area contributed by atoms with E-state index in [1.54, 1.807) is 24.3 Å². The van der Waals surface area contributed by atoms with Crippen LogP contribution in [0.2, 0.25) is 0 Å². The first-order valence-electron chi connectivity index (χ1n) is 7.45. The van der Waals surface area contributed by atoms with Crippen LogP contribution >= 0.6 is 0 Å². The molecule has 0 radical (unpaired) electrons. The highest BCUT2D eigenvalue weighted by Gasteiger charge is 2.13. The zero-order valence-corrected chi connectivity index (χ0v) is 12.8. The van der Waals surface area contributed by atoms with Crippen molar-refractivity contribution in [1.29, 1.82) is 0 Å². The van der Waals surface area contributed by atoms with E-state index in [2.05, 4.69) is 10.3 Å². The zero-order chi connectivity index (χ0) is 16.1. The number of carbonyl (C=O) groups is 1. The Morgan fingerprint density at radius 3 is 2.65 bits per heavy atom. The molecule has 0 aliphatic carbocycles.